The summed E-state index contributed by atoms with van der Waals surface area (Å²) in [7, 11) is 0. The van der Waals surface area contributed by atoms with Gasteiger partial charge in [-0.25, -0.2) is 28.4 Å². The van der Waals surface area contributed by atoms with Crippen molar-refractivity contribution < 1.29 is 32.6 Å². The second-order valence-electron chi connectivity index (χ2n) is 9.40. The summed E-state index contributed by atoms with van der Waals surface area (Å²) in [6, 6.07) is 4.46. The van der Waals surface area contributed by atoms with Crippen LogP contribution in [0.15, 0.2) is 41.2 Å². The fraction of sp³-hybridized carbons (Fsp3) is 0.292. The van der Waals surface area contributed by atoms with Gasteiger partial charge in [-0.3, -0.25) is 14.5 Å². The van der Waals surface area contributed by atoms with Gasteiger partial charge in [0.05, 0.1) is 22.8 Å². The molecule has 2 aliphatic heterocycles. The van der Waals surface area contributed by atoms with Gasteiger partial charge in [0.25, 0.3) is 11.5 Å². The van der Waals surface area contributed by atoms with Crippen LogP contribution in [0, 0.1) is 11.6 Å². The topological polar surface area (TPSA) is 122 Å². The number of benzene rings is 2. The van der Waals surface area contributed by atoms with Crippen molar-refractivity contribution in [3.63, 3.8) is 0 Å². The zero-order chi connectivity index (χ0) is 25.9. The minimum atomic E-state index is -1.32. The van der Waals surface area contributed by atoms with E-state index in [1.807, 2.05) is 0 Å². The summed E-state index contributed by atoms with van der Waals surface area (Å²) in [5.74, 6) is -2.10. The van der Waals surface area contributed by atoms with Crippen molar-refractivity contribution in [1.82, 2.24) is 15.1 Å². The maximum Gasteiger partial charge on any atom is 0.417 e. The summed E-state index contributed by atoms with van der Waals surface area (Å²) in [6.45, 7) is 4.34. The summed E-state index contributed by atoms with van der Waals surface area (Å²) >= 11 is 0. The number of anilines is 1. The van der Waals surface area contributed by atoms with Crippen LogP contribution < -0.4 is 10.5 Å². The van der Waals surface area contributed by atoms with Gasteiger partial charge in [-0.05, 0) is 50.6 Å². The highest BCUT2D eigenvalue weighted by Crippen LogP contribution is 2.50. The molecular formula is C24H20F2N4O6. The minimum Gasteiger partial charge on any atom is -0.443 e. The predicted molar refractivity (Wildman–Crippen MR) is 121 cm³/mol. The molecular weight excluding hydrogens is 478 g/mol. The number of cyclic esters (lactones) is 1. The second-order valence-corrected chi connectivity index (χ2v) is 9.40. The number of H-pyrrole nitrogens is 1. The van der Waals surface area contributed by atoms with Crippen LogP contribution in [0.4, 0.5) is 24.1 Å². The Morgan fingerprint density at radius 2 is 1.78 bits per heavy atom. The number of carbonyl (C=O) groups excluding carboxylic acids is 3. The first-order valence-electron chi connectivity index (χ1n) is 10.9. The number of halogens is 2. The van der Waals surface area contributed by atoms with Crippen LogP contribution in [-0.2, 0) is 14.3 Å². The van der Waals surface area contributed by atoms with Crippen molar-refractivity contribution in [2.45, 2.75) is 38.5 Å². The molecule has 2 aliphatic rings. The van der Waals surface area contributed by atoms with Gasteiger partial charge in [0.15, 0.2) is 6.61 Å². The van der Waals surface area contributed by atoms with Crippen molar-refractivity contribution in [3.05, 3.63) is 69.6 Å². The van der Waals surface area contributed by atoms with E-state index >= 15 is 0 Å². The number of ether oxygens (including phenoxy) is 2. The summed E-state index contributed by atoms with van der Waals surface area (Å²) in [4.78, 5) is 53.6. The maximum atomic E-state index is 14.8. The number of nitrogens with one attached hydrogen (secondary N) is 1. The minimum absolute atomic E-state index is 0.0286. The van der Waals surface area contributed by atoms with Crippen LogP contribution in [0.1, 0.15) is 44.1 Å². The molecule has 0 saturated carbocycles. The van der Waals surface area contributed by atoms with E-state index in [2.05, 4.69) is 10.2 Å². The Labute approximate surface area is 202 Å². The van der Waals surface area contributed by atoms with E-state index in [1.54, 1.807) is 20.8 Å². The van der Waals surface area contributed by atoms with Crippen LogP contribution in [0.25, 0.3) is 10.8 Å². The number of amides is 3. The molecule has 5 rings (SSSR count). The van der Waals surface area contributed by atoms with Gasteiger partial charge in [0.2, 0.25) is 0 Å². The van der Waals surface area contributed by atoms with Crippen molar-refractivity contribution in [1.29, 1.82) is 0 Å². The first kappa shape index (κ1) is 23.4. The molecule has 3 amide bonds. The summed E-state index contributed by atoms with van der Waals surface area (Å²) < 4.78 is 39.1. The van der Waals surface area contributed by atoms with Gasteiger partial charge >= 0.3 is 12.2 Å². The van der Waals surface area contributed by atoms with Gasteiger partial charge in [-0.1, -0.05) is 12.1 Å². The molecule has 0 bridgehead atoms. The van der Waals surface area contributed by atoms with Crippen LogP contribution in [0.2, 0.25) is 0 Å². The lowest BCUT2D eigenvalue weighted by atomic mass is 9.87. The van der Waals surface area contributed by atoms with Gasteiger partial charge in [-0.2, -0.15) is 5.10 Å². The Balaban J connectivity index is 1.87. The Morgan fingerprint density at radius 1 is 1.08 bits per heavy atom. The lowest BCUT2D eigenvalue weighted by Gasteiger charge is -2.43. The number of aromatic amines is 1. The van der Waals surface area contributed by atoms with Crippen molar-refractivity contribution in [2.75, 3.05) is 11.5 Å². The molecule has 10 nitrogen and oxygen atoms in total. The molecule has 3 aromatic rings. The highest BCUT2D eigenvalue weighted by atomic mass is 19.1. The second kappa shape index (κ2) is 8.11. The molecule has 0 radical (unpaired) electrons. The number of hydrogen-bond donors (Lipinski definition) is 1. The number of hydrogen-bond acceptors (Lipinski definition) is 7. The SMILES string of the molecule is CC(C)(C)OC(=O)N1c2cc(F)cc3c(=O)[nH]nc(c23)C(N2C(=O)COC2=O)C1c1ccc(F)cc1. The molecule has 1 aromatic heterocycles. The molecule has 186 valence electrons. The zero-order valence-electron chi connectivity index (χ0n) is 19.4. The first-order chi connectivity index (χ1) is 17.0. The molecule has 12 heteroatoms. The molecule has 3 heterocycles. The summed E-state index contributed by atoms with van der Waals surface area (Å²) in [5, 5.41) is 6.29. The van der Waals surface area contributed by atoms with Crippen LogP contribution >= 0.6 is 0 Å². The highest BCUT2D eigenvalue weighted by Gasteiger charge is 2.51. The Morgan fingerprint density at radius 3 is 2.39 bits per heavy atom. The molecule has 2 aromatic carbocycles. The van der Waals surface area contributed by atoms with E-state index in [-0.39, 0.29) is 27.7 Å². The molecule has 0 spiro atoms. The summed E-state index contributed by atoms with van der Waals surface area (Å²) in [6.07, 6.45) is -1.94. The predicted octanol–water partition coefficient (Wildman–Crippen LogP) is 3.72. The fourth-order valence-corrected chi connectivity index (χ4v) is 4.52. The van der Waals surface area contributed by atoms with E-state index in [0.717, 1.165) is 34.1 Å². The lowest BCUT2D eigenvalue weighted by Crippen LogP contribution is -2.49. The van der Waals surface area contributed by atoms with E-state index in [1.165, 1.54) is 12.1 Å². The monoisotopic (exact) mass is 498 g/mol. The Hall–Kier alpha value is -4.35. The molecule has 1 saturated heterocycles. The number of carbonyl (C=O) groups is 3. The normalized spacial score (nSPS) is 19.6. The largest absolute Gasteiger partial charge is 0.443 e. The maximum absolute atomic E-state index is 14.8. The Kier molecular flexibility index (Phi) is 5.27. The van der Waals surface area contributed by atoms with E-state index in [0.29, 0.717) is 0 Å². The molecule has 2 unspecified atom stereocenters. The quantitative estimate of drug-likeness (QED) is 0.572. The smallest absolute Gasteiger partial charge is 0.417 e. The van der Waals surface area contributed by atoms with Crippen molar-refractivity contribution in [2.24, 2.45) is 0 Å². The molecule has 2 atom stereocenters. The van der Waals surface area contributed by atoms with Crippen molar-refractivity contribution >= 4 is 34.6 Å². The molecule has 1 N–H and O–H groups in total. The molecule has 1 fully saturated rings. The van der Waals surface area contributed by atoms with Gasteiger partial charge in [-0.15, -0.1) is 0 Å². The third kappa shape index (κ3) is 3.74. The lowest BCUT2D eigenvalue weighted by molar-refractivity contribution is -0.128. The third-order valence-electron chi connectivity index (χ3n) is 5.84. The van der Waals surface area contributed by atoms with Gasteiger partial charge in [0, 0.05) is 5.39 Å². The average molecular weight is 498 g/mol. The fourth-order valence-electron chi connectivity index (χ4n) is 4.52. The summed E-state index contributed by atoms with van der Waals surface area (Å²) in [5.41, 5.74) is -1.47. The number of imide groups is 1. The molecule has 0 aliphatic carbocycles. The zero-order valence-corrected chi connectivity index (χ0v) is 19.4. The van der Waals surface area contributed by atoms with E-state index < -0.39 is 59.6 Å². The van der Waals surface area contributed by atoms with Crippen LogP contribution in [-0.4, -0.2) is 45.4 Å². The van der Waals surface area contributed by atoms with E-state index in [9.17, 15) is 28.0 Å². The van der Waals surface area contributed by atoms with Crippen LogP contribution in [0.3, 0.4) is 0 Å². The number of rotatable bonds is 2. The highest BCUT2D eigenvalue weighted by molar-refractivity contribution is 6.06. The molecule has 36 heavy (non-hydrogen) atoms. The Bertz CT molecular complexity index is 1460. The average Bonchev–Trinajstić information content (AvgIpc) is 3.12. The van der Waals surface area contributed by atoms with Gasteiger partial charge < -0.3 is 9.47 Å². The number of aromatic nitrogens is 2. The standard InChI is InChI=1S/C24H20F2N4O6/c1-24(2,3)36-23(34)29-15-9-13(26)8-14-17(15)18(27-28-21(14)32)20(30-16(31)10-35-22(30)33)19(29)11-4-6-12(25)7-5-11/h4-9,19-20H,10H2,1-3H3,(H,28,32). The van der Waals surface area contributed by atoms with E-state index in [4.69, 9.17) is 9.47 Å². The third-order valence-corrected chi connectivity index (χ3v) is 5.84. The van der Waals surface area contributed by atoms with Crippen LogP contribution in [0.5, 0.6) is 0 Å². The first-order valence-corrected chi connectivity index (χ1v) is 10.9. The van der Waals surface area contributed by atoms with Gasteiger partial charge in [0.1, 0.15) is 23.3 Å². The number of nitrogens with zero attached hydrogens (tertiary/aromatic N) is 3. The van der Waals surface area contributed by atoms with Crippen molar-refractivity contribution in [3.8, 4) is 0 Å².